The lowest BCUT2D eigenvalue weighted by molar-refractivity contribution is -0.111. The zero-order valence-electron chi connectivity index (χ0n) is 14.2. The molecule has 0 radical (unpaired) electrons. The van der Waals surface area contributed by atoms with E-state index in [2.05, 4.69) is 10.6 Å². The van der Waals surface area contributed by atoms with Crippen molar-refractivity contribution in [2.24, 2.45) is 0 Å². The van der Waals surface area contributed by atoms with Gasteiger partial charge in [-0.1, -0.05) is 18.2 Å². The smallest absolute Gasteiger partial charge is 0.321 e. The van der Waals surface area contributed by atoms with Crippen LogP contribution in [0.25, 0.3) is 6.08 Å². The normalized spacial score (nSPS) is 13.8. The summed E-state index contributed by atoms with van der Waals surface area (Å²) >= 11 is 0. The zero-order valence-corrected chi connectivity index (χ0v) is 14.2. The van der Waals surface area contributed by atoms with Crippen LogP contribution >= 0.6 is 0 Å². The monoisotopic (exact) mass is 353 g/mol. The van der Waals surface area contributed by atoms with Gasteiger partial charge in [0.1, 0.15) is 5.82 Å². The van der Waals surface area contributed by atoms with Gasteiger partial charge in [0.2, 0.25) is 5.91 Å². The van der Waals surface area contributed by atoms with E-state index in [0.717, 1.165) is 31.5 Å². The first-order valence-electron chi connectivity index (χ1n) is 8.51. The van der Waals surface area contributed by atoms with E-state index in [4.69, 9.17) is 0 Å². The van der Waals surface area contributed by atoms with E-state index >= 15 is 0 Å². The van der Waals surface area contributed by atoms with Crippen molar-refractivity contribution in [3.63, 3.8) is 0 Å². The first kappa shape index (κ1) is 17.7. The highest BCUT2D eigenvalue weighted by Gasteiger charge is 2.17. The topological polar surface area (TPSA) is 61.4 Å². The van der Waals surface area contributed by atoms with E-state index < -0.39 is 0 Å². The molecule has 2 N–H and O–H groups in total. The molecule has 0 spiro atoms. The molecule has 1 aliphatic rings. The number of hydrogen-bond donors (Lipinski definition) is 2. The lowest BCUT2D eigenvalue weighted by Crippen LogP contribution is -2.32. The molecule has 3 amide bonds. The number of anilines is 2. The molecule has 5 nitrogen and oxygen atoms in total. The molecule has 0 unspecified atom stereocenters. The van der Waals surface area contributed by atoms with Gasteiger partial charge in [-0.05, 0) is 54.8 Å². The summed E-state index contributed by atoms with van der Waals surface area (Å²) in [7, 11) is 0. The van der Waals surface area contributed by atoms with Crippen LogP contribution in [0.5, 0.6) is 0 Å². The second kappa shape index (κ2) is 8.29. The highest BCUT2D eigenvalue weighted by molar-refractivity contribution is 6.02. The van der Waals surface area contributed by atoms with E-state index in [1.807, 2.05) is 0 Å². The van der Waals surface area contributed by atoms with Crippen LogP contribution in [0.1, 0.15) is 18.4 Å². The predicted molar refractivity (Wildman–Crippen MR) is 100 cm³/mol. The molecule has 1 aliphatic heterocycles. The van der Waals surface area contributed by atoms with E-state index in [9.17, 15) is 14.0 Å². The largest absolute Gasteiger partial charge is 0.325 e. The quantitative estimate of drug-likeness (QED) is 0.813. The summed E-state index contributed by atoms with van der Waals surface area (Å²) < 4.78 is 12.9. The summed E-state index contributed by atoms with van der Waals surface area (Å²) in [6, 6.07) is 12.7. The SMILES string of the molecule is O=C(/C=C/c1ccc(F)cc1)Nc1cccc(NC(=O)N2CCCC2)c1. The Hall–Kier alpha value is -3.15. The van der Waals surface area contributed by atoms with Crippen molar-refractivity contribution in [2.75, 3.05) is 23.7 Å². The average molecular weight is 353 g/mol. The number of carbonyl (C=O) groups excluding carboxylic acids is 2. The van der Waals surface area contributed by atoms with Gasteiger partial charge in [-0.25, -0.2) is 9.18 Å². The van der Waals surface area contributed by atoms with Crippen molar-refractivity contribution < 1.29 is 14.0 Å². The van der Waals surface area contributed by atoms with Crippen LogP contribution in [0, 0.1) is 5.82 Å². The molecule has 0 bridgehead atoms. The molecular weight excluding hydrogens is 333 g/mol. The Bertz CT molecular complexity index is 812. The maximum atomic E-state index is 12.9. The molecule has 1 heterocycles. The molecule has 26 heavy (non-hydrogen) atoms. The van der Waals surface area contributed by atoms with Gasteiger partial charge in [-0.2, -0.15) is 0 Å². The minimum Gasteiger partial charge on any atom is -0.325 e. The zero-order chi connectivity index (χ0) is 18.4. The second-order valence-electron chi connectivity index (χ2n) is 6.08. The fraction of sp³-hybridized carbons (Fsp3) is 0.200. The maximum Gasteiger partial charge on any atom is 0.321 e. The van der Waals surface area contributed by atoms with E-state index in [0.29, 0.717) is 11.4 Å². The first-order chi connectivity index (χ1) is 12.6. The second-order valence-corrected chi connectivity index (χ2v) is 6.08. The van der Waals surface area contributed by atoms with Gasteiger partial charge in [0, 0.05) is 30.5 Å². The Morgan fingerprint density at radius 1 is 0.962 bits per heavy atom. The minimum absolute atomic E-state index is 0.123. The number of nitrogens with one attached hydrogen (secondary N) is 2. The molecule has 2 aromatic rings. The Morgan fingerprint density at radius 2 is 1.62 bits per heavy atom. The van der Waals surface area contributed by atoms with Crippen LogP contribution < -0.4 is 10.6 Å². The van der Waals surface area contributed by atoms with Crippen molar-refractivity contribution in [3.05, 3.63) is 66.0 Å². The van der Waals surface area contributed by atoms with Crippen molar-refractivity contribution in [2.45, 2.75) is 12.8 Å². The lowest BCUT2D eigenvalue weighted by Gasteiger charge is -2.16. The number of carbonyl (C=O) groups is 2. The van der Waals surface area contributed by atoms with Gasteiger partial charge in [-0.15, -0.1) is 0 Å². The standard InChI is InChI=1S/C20H20FN3O2/c21-16-9-6-15(7-10-16)8-11-19(25)22-17-4-3-5-18(14-17)23-20(26)24-12-1-2-13-24/h3-11,14H,1-2,12-13H2,(H,22,25)(H,23,26)/b11-8+. The predicted octanol–water partition coefficient (Wildman–Crippen LogP) is 4.11. The average Bonchev–Trinajstić information content (AvgIpc) is 3.16. The first-order valence-corrected chi connectivity index (χ1v) is 8.51. The molecular formula is C20H20FN3O2. The summed E-state index contributed by atoms with van der Waals surface area (Å²) in [5.41, 5.74) is 1.94. The van der Waals surface area contributed by atoms with E-state index in [-0.39, 0.29) is 17.8 Å². The van der Waals surface area contributed by atoms with Gasteiger partial charge >= 0.3 is 6.03 Å². The summed E-state index contributed by atoms with van der Waals surface area (Å²) in [6.45, 7) is 1.55. The van der Waals surface area contributed by atoms with Crippen LogP contribution in [-0.4, -0.2) is 29.9 Å². The number of amides is 3. The van der Waals surface area contributed by atoms with E-state index in [1.165, 1.54) is 18.2 Å². The fourth-order valence-electron chi connectivity index (χ4n) is 2.73. The molecule has 0 aliphatic carbocycles. The Morgan fingerprint density at radius 3 is 2.31 bits per heavy atom. The summed E-state index contributed by atoms with van der Waals surface area (Å²) in [5, 5.41) is 5.58. The number of rotatable bonds is 4. The van der Waals surface area contributed by atoms with Crippen LogP contribution in [0.2, 0.25) is 0 Å². The summed E-state index contributed by atoms with van der Waals surface area (Å²) in [5.74, 6) is -0.628. The molecule has 2 aromatic carbocycles. The van der Waals surface area contributed by atoms with Gasteiger partial charge in [0.05, 0.1) is 0 Å². The molecule has 0 atom stereocenters. The third-order valence-corrected chi connectivity index (χ3v) is 4.07. The molecule has 6 heteroatoms. The molecule has 1 saturated heterocycles. The highest BCUT2D eigenvalue weighted by atomic mass is 19.1. The molecule has 1 fully saturated rings. The van der Waals surface area contributed by atoms with Crippen molar-refractivity contribution >= 4 is 29.4 Å². The Balaban J connectivity index is 1.58. The van der Waals surface area contributed by atoms with Gasteiger partial charge in [0.25, 0.3) is 0 Å². The van der Waals surface area contributed by atoms with Gasteiger partial charge in [0.15, 0.2) is 0 Å². The van der Waals surface area contributed by atoms with Gasteiger partial charge < -0.3 is 15.5 Å². The molecule has 0 aromatic heterocycles. The summed E-state index contributed by atoms with van der Waals surface area (Å²) in [6.07, 6.45) is 5.05. The van der Waals surface area contributed by atoms with Crippen molar-refractivity contribution in [1.29, 1.82) is 0 Å². The number of nitrogens with zero attached hydrogens (tertiary/aromatic N) is 1. The lowest BCUT2D eigenvalue weighted by atomic mass is 10.2. The van der Waals surface area contributed by atoms with Crippen LogP contribution in [0.3, 0.4) is 0 Å². The number of benzene rings is 2. The molecule has 134 valence electrons. The number of likely N-dealkylation sites (tertiary alicyclic amines) is 1. The summed E-state index contributed by atoms with van der Waals surface area (Å²) in [4.78, 5) is 25.9. The maximum absolute atomic E-state index is 12.9. The van der Waals surface area contributed by atoms with Crippen LogP contribution in [0.4, 0.5) is 20.6 Å². The number of hydrogen-bond acceptors (Lipinski definition) is 2. The Labute approximate surface area is 151 Å². The third-order valence-electron chi connectivity index (χ3n) is 4.07. The molecule has 3 rings (SSSR count). The molecule has 0 saturated carbocycles. The van der Waals surface area contributed by atoms with Crippen LogP contribution in [0.15, 0.2) is 54.6 Å². The van der Waals surface area contributed by atoms with Gasteiger partial charge in [-0.3, -0.25) is 4.79 Å². The number of halogens is 1. The van der Waals surface area contributed by atoms with Crippen molar-refractivity contribution in [3.8, 4) is 0 Å². The Kier molecular flexibility index (Phi) is 5.63. The van der Waals surface area contributed by atoms with E-state index in [1.54, 1.807) is 47.4 Å². The minimum atomic E-state index is -0.320. The third kappa shape index (κ3) is 4.92. The fourth-order valence-corrected chi connectivity index (χ4v) is 2.73. The van der Waals surface area contributed by atoms with Crippen LogP contribution in [-0.2, 0) is 4.79 Å². The number of urea groups is 1. The highest BCUT2D eigenvalue weighted by Crippen LogP contribution is 2.17. The van der Waals surface area contributed by atoms with Crippen molar-refractivity contribution in [1.82, 2.24) is 4.90 Å².